The predicted octanol–water partition coefficient (Wildman–Crippen LogP) is 2.10. The summed E-state index contributed by atoms with van der Waals surface area (Å²) in [5.74, 6) is -1.99. The normalized spacial score (nSPS) is 16.3. The lowest BCUT2D eigenvalue weighted by Gasteiger charge is -2.14. The van der Waals surface area contributed by atoms with Gasteiger partial charge in [-0.1, -0.05) is 24.3 Å². The van der Waals surface area contributed by atoms with Crippen molar-refractivity contribution >= 4 is 23.1 Å². The van der Waals surface area contributed by atoms with E-state index >= 15 is 0 Å². The lowest BCUT2D eigenvalue weighted by Crippen LogP contribution is -2.20. The van der Waals surface area contributed by atoms with Crippen LogP contribution in [0.5, 0.6) is 0 Å². The number of aliphatic hydroxyl groups excluding tert-OH is 1. The molecule has 0 heterocycles. The van der Waals surface area contributed by atoms with Crippen molar-refractivity contribution in [1.82, 2.24) is 0 Å². The van der Waals surface area contributed by atoms with Gasteiger partial charge in [0, 0.05) is 22.8 Å². The average molecular weight is 356 g/mol. The summed E-state index contributed by atoms with van der Waals surface area (Å²) in [6.07, 6.45) is 2.19. The van der Waals surface area contributed by atoms with Gasteiger partial charge >= 0.3 is 0 Å². The summed E-state index contributed by atoms with van der Waals surface area (Å²) in [6, 6.07) is 6.43. The van der Waals surface area contributed by atoms with E-state index < -0.39 is 11.5 Å². The lowest BCUT2D eigenvalue weighted by molar-refractivity contribution is -0.120. The molecule has 0 bridgehead atoms. The Balaban J connectivity index is 0.000000187. The number of hydrogen-bond acceptors (Lipinski definition) is 7. The van der Waals surface area contributed by atoms with E-state index in [1.807, 2.05) is 0 Å². The Morgan fingerprint density at radius 2 is 1.35 bits per heavy atom. The SMILES string of the molecule is COC1=C(OC)C(=O)C(C)=CC1=O.O=C1C=C(O)C(=O)c2ccccc21. The molecule has 1 N–H and O–H groups in total. The van der Waals surface area contributed by atoms with Crippen molar-refractivity contribution in [1.29, 1.82) is 0 Å². The van der Waals surface area contributed by atoms with Gasteiger partial charge in [-0.25, -0.2) is 0 Å². The van der Waals surface area contributed by atoms with E-state index in [0.29, 0.717) is 11.1 Å². The molecule has 3 rings (SSSR count). The van der Waals surface area contributed by atoms with E-state index in [0.717, 1.165) is 6.08 Å². The molecule has 2 aliphatic carbocycles. The van der Waals surface area contributed by atoms with E-state index in [4.69, 9.17) is 14.6 Å². The second kappa shape index (κ2) is 7.60. The van der Waals surface area contributed by atoms with Crippen molar-refractivity contribution in [2.75, 3.05) is 14.2 Å². The Bertz CT molecular complexity index is 900. The number of hydrogen-bond donors (Lipinski definition) is 1. The second-order valence-corrected chi connectivity index (χ2v) is 5.36. The van der Waals surface area contributed by atoms with Crippen LogP contribution in [0, 0.1) is 0 Å². The van der Waals surface area contributed by atoms with Crippen LogP contribution in [-0.2, 0) is 19.1 Å². The number of rotatable bonds is 2. The van der Waals surface area contributed by atoms with E-state index in [9.17, 15) is 19.2 Å². The van der Waals surface area contributed by atoms with Crippen LogP contribution >= 0.6 is 0 Å². The van der Waals surface area contributed by atoms with Gasteiger partial charge in [-0.2, -0.15) is 0 Å². The van der Waals surface area contributed by atoms with E-state index in [1.54, 1.807) is 25.1 Å². The molecule has 0 aromatic heterocycles. The van der Waals surface area contributed by atoms with Gasteiger partial charge in [-0.3, -0.25) is 19.2 Å². The molecule has 0 aliphatic heterocycles. The summed E-state index contributed by atoms with van der Waals surface area (Å²) in [5, 5.41) is 9.09. The van der Waals surface area contributed by atoms with E-state index in [2.05, 4.69) is 0 Å². The topological polar surface area (TPSA) is 107 Å². The lowest BCUT2D eigenvalue weighted by atomic mass is 9.94. The maximum Gasteiger partial charge on any atom is 0.228 e. The average Bonchev–Trinajstić information content (AvgIpc) is 2.63. The quantitative estimate of drug-likeness (QED) is 0.809. The first-order chi connectivity index (χ1) is 12.3. The van der Waals surface area contributed by atoms with Crippen molar-refractivity contribution in [2.24, 2.45) is 0 Å². The number of benzene rings is 1. The molecule has 0 atom stereocenters. The molecule has 0 amide bonds. The molecular formula is C19H16O7. The molecule has 0 unspecified atom stereocenters. The second-order valence-electron chi connectivity index (χ2n) is 5.36. The molecular weight excluding hydrogens is 340 g/mol. The Kier molecular flexibility index (Phi) is 5.51. The minimum absolute atomic E-state index is 0.0208. The molecule has 0 radical (unpaired) electrons. The number of carbonyl (C=O) groups excluding carboxylic acids is 4. The van der Waals surface area contributed by atoms with Crippen molar-refractivity contribution in [3.63, 3.8) is 0 Å². The highest BCUT2D eigenvalue weighted by molar-refractivity contribution is 6.23. The Morgan fingerprint density at radius 3 is 1.92 bits per heavy atom. The fourth-order valence-electron chi connectivity index (χ4n) is 2.40. The van der Waals surface area contributed by atoms with Gasteiger partial charge in [0.1, 0.15) is 0 Å². The molecule has 2 aliphatic rings. The van der Waals surface area contributed by atoms with Crippen LogP contribution in [0.3, 0.4) is 0 Å². The minimum atomic E-state index is -0.491. The third-order valence-electron chi connectivity index (χ3n) is 3.69. The van der Waals surface area contributed by atoms with Gasteiger partial charge in [0.15, 0.2) is 11.5 Å². The molecule has 26 heavy (non-hydrogen) atoms. The first kappa shape index (κ1) is 18.9. The zero-order valence-electron chi connectivity index (χ0n) is 14.4. The molecule has 0 saturated heterocycles. The summed E-state index contributed by atoms with van der Waals surface area (Å²) in [5.41, 5.74) is 0.987. The summed E-state index contributed by atoms with van der Waals surface area (Å²) in [6.45, 7) is 1.56. The zero-order chi connectivity index (χ0) is 19.4. The molecule has 0 spiro atoms. The van der Waals surface area contributed by atoms with Crippen LogP contribution in [-0.4, -0.2) is 42.5 Å². The van der Waals surface area contributed by atoms with Crippen LogP contribution in [0.4, 0.5) is 0 Å². The van der Waals surface area contributed by atoms with Gasteiger partial charge < -0.3 is 14.6 Å². The van der Waals surface area contributed by atoms with Crippen molar-refractivity contribution in [2.45, 2.75) is 6.92 Å². The monoisotopic (exact) mass is 356 g/mol. The van der Waals surface area contributed by atoms with Crippen LogP contribution < -0.4 is 0 Å². The smallest absolute Gasteiger partial charge is 0.228 e. The fraction of sp³-hybridized carbons (Fsp3) is 0.158. The highest BCUT2D eigenvalue weighted by atomic mass is 16.5. The Labute approximate surface area is 149 Å². The number of methoxy groups -OCH3 is 2. The molecule has 1 aromatic rings. The van der Waals surface area contributed by atoms with Crippen molar-refractivity contribution in [3.05, 3.63) is 70.4 Å². The minimum Gasteiger partial charge on any atom is -0.504 e. The van der Waals surface area contributed by atoms with Crippen molar-refractivity contribution < 1.29 is 33.8 Å². The maximum absolute atomic E-state index is 11.4. The number of fused-ring (bicyclic) bond motifs is 1. The largest absolute Gasteiger partial charge is 0.504 e. The number of allylic oxidation sites excluding steroid dienone is 4. The van der Waals surface area contributed by atoms with Gasteiger partial charge in [0.05, 0.1) is 14.2 Å². The summed E-state index contributed by atoms with van der Waals surface area (Å²) in [7, 11) is 2.66. The standard InChI is InChI=1S/C10H6O3.C9H10O4/c11-8-5-9(12)10(13)7-4-2-1-3-6(7)8;1-5-4-6(10)8(12-2)9(13-3)7(5)11/h1-5,12H;4H,1-3H3. The maximum atomic E-state index is 11.4. The molecule has 7 nitrogen and oxygen atoms in total. The van der Waals surface area contributed by atoms with E-state index in [1.165, 1.54) is 26.4 Å². The fourth-order valence-corrected chi connectivity index (χ4v) is 2.40. The van der Waals surface area contributed by atoms with Crippen LogP contribution in [0.15, 0.2) is 59.3 Å². The third kappa shape index (κ3) is 3.46. The van der Waals surface area contributed by atoms with Gasteiger partial charge in [0.25, 0.3) is 0 Å². The molecule has 0 saturated carbocycles. The highest BCUT2D eigenvalue weighted by Gasteiger charge is 2.28. The molecule has 134 valence electrons. The number of carbonyl (C=O) groups is 4. The van der Waals surface area contributed by atoms with Crippen LogP contribution in [0.25, 0.3) is 0 Å². The first-order valence-corrected chi connectivity index (χ1v) is 7.50. The Morgan fingerprint density at radius 1 is 0.769 bits per heavy atom. The van der Waals surface area contributed by atoms with Crippen LogP contribution in [0.1, 0.15) is 27.6 Å². The molecule has 7 heteroatoms. The van der Waals surface area contributed by atoms with Gasteiger partial charge in [0.2, 0.25) is 28.9 Å². The summed E-state index contributed by atoms with van der Waals surface area (Å²) in [4.78, 5) is 45.2. The number of ketones is 4. The highest BCUT2D eigenvalue weighted by Crippen LogP contribution is 2.20. The summed E-state index contributed by atoms with van der Waals surface area (Å²) >= 11 is 0. The van der Waals surface area contributed by atoms with Crippen molar-refractivity contribution in [3.8, 4) is 0 Å². The first-order valence-electron chi connectivity index (χ1n) is 7.50. The van der Waals surface area contributed by atoms with Crippen LogP contribution in [0.2, 0.25) is 0 Å². The number of aliphatic hydroxyl groups is 1. The third-order valence-corrected chi connectivity index (χ3v) is 3.69. The van der Waals surface area contributed by atoms with E-state index in [-0.39, 0.29) is 34.4 Å². The molecule has 1 aromatic carbocycles. The zero-order valence-corrected chi connectivity index (χ0v) is 14.4. The predicted molar refractivity (Wildman–Crippen MR) is 90.6 cm³/mol. The van der Waals surface area contributed by atoms with Gasteiger partial charge in [-0.15, -0.1) is 0 Å². The summed E-state index contributed by atoms with van der Waals surface area (Å²) < 4.78 is 9.56. The number of ether oxygens (including phenoxy) is 2. The molecule has 0 fully saturated rings. The van der Waals surface area contributed by atoms with Gasteiger partial charge in [-0.05, 0) is 13.0 Å². The number of Topliss-reactive ketones (excluding diaryl/α,β-unsaturated/α-hetero) is 2. The Hall–Kier alpha value is -3.48.